The van der Waals surface area contributed by atoms with E-state index in [0.717, 1.165) is 19.7 Å². The lowest BCUT2D eigenvalue weighted by molar-refractivity contribution is 0.0157. The van der Waals surface area contributed by atoms with Crippen molar-refractivity contribution >= 4 is 0 Å². The third-order valence-electron chi connectivity index (χ3n) is 2.97. The van der Waals surface area contributed by atoms with Crippen molar-refractivity contribution in [3.8, 4) is 0 Å². The molecular formula is C10H20N2O. The van der Waals surface area contributed by atoms with Crippen molar-refractivity contribution in [1.82, 2.24) is 10.6 Å². The maximum atomic E-state index is 5.65. The second kappa shape index (κ2) is 4.94. The van der Waals surface area contributed by atoms with Gasteiger partial charge in [0, 0.05) is 25.7 Å². The van der Waals surface area contributed by atoms with Gasteiger partial charge >= 0.3 is 0 Å². The minimum Gasteiger partial charge on any atom is -0.377 e. The summed E-state index contributed by atoms with van der Waals surface area (Å²) in [4.78, 5) is 0. The van der Waals surface area contributed by atoms with Gasteiger partial charge < -0.3 is 15.4 Å². The van der Waals surface area contributed by atoms with Crippen molar-refractivity contribution in [2.45, 2.75) is 37.8 Å². The van der Waals surface area contributed by atoms with Crippen LogP contribution in [0.25, 0.3) is 0 Å². The van der Waals surface area contributed by atoms with Crippen molar-refractivity contribution in [3.05, 3.63) is 0 Å². The molecule has 2 atom stereocenters. The van der Waals surface area contributed by atoms with Gasteiger partial charge in [0.25, 0.3) is 0 Å². The molecule has 0 saturated carbocycles. The topological polar surface area (TPSA) is 33.3 Å². The summed E-state index contributed by atoms with van der Waals surface area (Å²) in [5, 5.41) is 6.92. The zero-order chi connectivity index (χ0) is 8.93. The van der Waals surface area contributed by atoms with Crippen LogP contribution in [0.2, 0.25) is 0 Å². The van der Waals surface area contributed by atoms with Gasteiger partial charge in [0.15, 0.2) is 0 Å². The summed E-state index contributed by atoms with van der Waals surface area (Å²) in [5.41, 5.74) is 0. The van der Waals surface area contributed by atoms with Crippen LogP contribution >= 0.6 is 0 Å². The molecule has 0 spiro atoms. The Bertz CT molecular complexity index is 140. The van der Waals surface area contributed by atoms with Crippen LogP contribution in [0.1, 0.15) is 25.7 Å². The predicted octanol–water partition coefficient (Wildman–Crippen LogP) is 0.507. The highest BCUT2D eigenvalue weighted by molar-refractivity contribution is 4.79. The van der Waals surface area contributed by atoms with E-state index < -0.39 is 0 Å². The molecule has 3 nitrogen and oxygen atoms in total. The first kappa shape index (κ1) is 9.44. The summed E-state index contributed by atoms with van der Waals surface area (Å²) in [7, 11) is 0. The maximum absolute atomic E-state index is 5.65. The van der Waals surface area contributed by atoms with E-state index in [-0.39, 0.29) is 0 Å². The first-order chi connectivity index (χ1) is 6.45. The Morgan fingerprint density at radius 1 is 1.31 bits per heavy atom. The lowest BCUT2D eigenvalue weighted by Gasteiger charge is -2.24. The van der Waals surface area contributed by atoms with Gasteiger partial charge in [-0.2, -0.15) is 0 Å². The molecule has 0 amide bonds. The minimum absolute atomic E-state index is 0.481. The molecule has 2 aliphatic rings. The second-order valence-corrected chi connectivity index (χ2v) is 4.09. The van der Waals surface area contributed by atoms with E-state index in [9.17, 15) is 0 Å². The molecule has 2 aliphatic heterocycles. The summed E-state index contributed by atoms with van der Waals surface area (Å²) in [6.07, 6.45) is 5.59. The molecule has 0 aromatic heterocycles. The van der Waals surface area contributed by atoms with Crippen molar-refractivity contribution in [3.63, 3.8) is 0 Å². The summed E-state index contributed by atoms with van der Waals surface area (Å²) < 4.78 is 5.65. The average molecular weight is 184 g/mol. The van der Waals surface area contributed by atoms with Gasteiger partial charge in [-0.15, -0.1) is 0 Å². The highest BCUT2D eigenvalue weighted by Crippen LogP contribution is 2.12. The third kappa shape index (κ3) is 2.93. The molecule has 0 bridgehead atoms. The van der Waals surface area contributed by atoms with E-state index in [1.54, 1.807) is 0 Å². The average Bonchev–Trinajstić information content (AvgIpc) is 2.69. The van der Waals surface area contributed by atoms with Crippen LogP contribution < -0.4 is 10.6 Å². The molecule has 0 aliphatic carbocycles. The van der Waals surface area contributed by atoms with E-state index in [2.05, 4.69) is 10.6 Å². The Morgan fingerprint density at radius 3 is 3.00 bits per heavy atom. The quantitative estimate of drug-likeness (QED) is 0.670. The van der Waals surface area contributed by atoms with E-state index in [1.807, 2.05) is 0 Å². The Labute approximate surface area is 80.2 Å². The monoisotopic (exact) mass is 184 g/mol. The Kier molecular flexibility index (Phi) is 3.58. The normalized spacial score (nSPS) is 35.1. The number of ether oxygens (including phenoxy) is 1. The van der Waals surface area contributed by atoms with Crippen LogP contribution in [0.4, 0.5) is 0 Å². The van der Waals surface area contributed by atoms with Gasteiger partial charge in [-0.3, -0.25) is 0 Å². The fourth-order valence-corrected chi connectivity index (χ4v) is 2.10. The van der Waals surface area contributed by atoms with Crippen LogP contribution in [0.3, 0.4) is 0 Å². The number of hydrogen-bond acceptors (Lipinski definition) is 3. The molecular weight excluding hydrogens is 164 g/mol. The minimum atomic E-state index is 0.481. The summed E-state index contributed by atoms with van der Waals surface area (Å²) >= 11 is 0. The van der Waals surface area contributed by atoms with Gasteiger partial charge in [0.1, 0.15) is 0 Å². The van der Waals surface area contributed by atoms with Crippen molar-refractivity contribution in [2.75, 3.05) is 26.2 Å². The molecule has 2 fully saturated rings. The molecule has 3 heteroatoms. The van der Waals surface area contributed by atoms with Crippen LogP contribution in [-0.4, -0.2) is 38.4 Å². The summed E-state index contributed by atoms with van der Waals surface area (Å²) in [6, 6.07) is 0.686. The molecule has 0 aromatic carbocycles. The molecule has 0 aromatic rings. The van der Waals surface area contributed by atoms with Crippen molar-refractivity contribution in [2.24, 2.45) is 0 Å². The standard InChI is InChI=1S/C10H20N2O/c1-2-6-13-10(3-1)8-12-9-4-5-11-7-9/h9-12H,1-8H2. The van der Waals surface area contributed by atoms with Gasteiger partial charge in [0.2, 0.25) is 0 Å². The van der Waals surface area contributed by atoms with E-state index in [0.29, 0.717) is 12.1 Å². The number of hydrogen-bond donors (Lipinski definition) is 2. The van der Waals surface area contributed by atoms with Crippen LogP contribution in [0.5, 0.6) is 0 Å². The molecule has 0 radical (unpaired) electrons. The molecule has 76 valence electrons. The van der Waals surface area contributed by atoms with E-state index >= 15 is 0 Å². The highest BCUT2D eigenvalue weighted by atomic mass is 16.5. The van der Waals surface area contributed by atoms with Crippen molar-refractivity contribution in [1.29, 1.82) is 0 Å². The van der Waals surface area contributed by atoms with Gasteiger partial charge in [-0.25, -0.2) is 0 Å². The fourth-order valence-electron chi connectivity index (χ4n) is 2.10. The third-order valence-corrected chi connectivity index (χ3v) is 2.97. The smallest absolute Gasteiger partial charge is 0.0699 e. The number of rotatable bonds is 3. The van der Waals surface area contributed by atoms with E-state index in [4.69, 9.17) is 4.74 Å². The van der Waals surface area contributed by atoms with Crippen LogP contribution in [-0.2, 0) is 4.74 Å². The molecule has 13 heavy (non-hydrogen) atoms. The molecule has 2 heterocycles. The Hall–Kier alpha value is -0.120. The summed E-state index contributed by atoms with van der Waals surface area (Å²) in [6.45, 7) is 4.32. The Balaban J connectivity index is 1.60. The largest absolute Gasteiger partial charge is 0.377 e. The molecule has 2 unspecified atom stereocenters. The van der Waals surface area contributed by atoms with Gasteiger partial charge in [0.05, 0.1) is 6.10 Å². The second-order valence-electron chi connectivity index (χ2n) is 4.09. The molecule has 2 rings (SSSR count). The van der Waals surface area contributed by atoms with Crippen LogP contribution in [0, 0.1) is 0 Å². The first-order valence-electron chi connectivity index (χ1n) is 5.51. The van der Waals surface area contributed by atoms with E-state index in [1.165, 1.54) is 32.2 Å². The SMILES string of the molecule is C1CCC(CNC2CCNC2)OC1. The van der Waals surface area contributed by atoms with Crippen molar-refractivity contribution < 1.29 is 4.74 Å². The maximum Gasteiger partial charge on any atom is 0.0699 e. The predicted molar refractivity (Wildman–Crippen MR) is 52.9 cm³/mol. The summed E-state index contributed by atoms with van der Waals surface area (Å²) in [5.74, 6) is 0. The Morgan fingerprint density at radius 2 is 2.31 bits per heavy atom. The van der Waals surface area contributed by atoms with Gasteiger partial charge in [-0.05, 0) is 32.2 Å². The molecule has 2 N–H and O–H groups in total. The highest BCUT2D eigenvalue weighted by Gasteiger charge is 2.17. The first-order valence-corrected chi connectivity index (χ1v) is 5.51. The van der Waals surface area contributed by atoms with Gasteiger partial charge in [-0.1, -0.05) is 0 Å². The fraction of sp³-hybridized carbons (Fsp3) is 1.00. The number of nitrogens with one attached hydrogen (secondary N) is 2. The lowest BCUT2D eigenvalue weighted by atomic mass is 10.1. The lowest BCUT2D eigenvalue weighted by Crippen LogP contribution is -2.39. The molecule has 2 saturated heterocycles. The zero-order valence-electron chi connectivity index (χ0n) is 8.22. The van der Waals surface area contributed by atoms with Crippen LogP contribution in [0.15, 0.2) is 0 Å². The zero-order valence-corrected chi connectivity index (χ0v) is 8.22.